The minimum absolute atomic E-state index is 0.00994. The molecule has 3 amide bonds. The van der Waals surface area contributed by atoms with Crippen molar-refractivity contribution < 1.29 is 51.2 Å². The molecule has 1 unspecified atom stereocenters. The standard InChI is InChI=1S/C28H36N2O11S/c1-5-40-24-17-19(9-10-23(24)37-3)22(18-42(4,34)35)30(21-8-6-7-20-25(21)27(32)29-26(20)31)28(33)41-16-15-39-14-13-38-12-11-36-2/h6-10,17,22H,5,11-16,18H2,1-4H3,(H,29,31,32). The first-order valence-electron chi connectivity index (χ1n) is 13.2. The quantitative estimate of drug-likeness (QED) is 0.208. The Morgan fingerprint density at radius 3 is 2.26 bits per heavy atom. The van der Waals surface area contributed by atoms with Gasteiger partial charge >= 0.3 is 6.09 Å². The molecule has 42 heavy (non-hydrogen) atoms. The highest BCUT2D eigenvalue weighted by atomic mass is 32.2. The van der Waals surface area contributed by atoms with Crippen LogP contribution in [0.25, 0.3) is 0 Å². The summed E-state index contributed by atoms with van der Waals surface area (Å²) in [6, 6.07) is 7.97. The smallest absolute Gasteiger partial charge is 0.414 e. The molecule has 0 fully saturated rings. The van der Waals surface area contributed by atoms with Gasteiger partial charge in [-0.2, -0.15) is 0 Å². The molecular formula is C28H36N2O11S. The third-order valence-corrected chi connectivity index (χ3v) is 7.02. The molecule has 14 heteroatoms. The van der Waals surface area contributed by atoms with Crippen molar-refractivity contribution in [1.29, 1.82) is 0 Å². The number of hydrogen-bond donors (Lipinski definition) is 1. The van der Waals surface area contributed by atoms with Crippen molar-refractivity contribution in [1.82, 2.24) is 5.32 Å². The van der Waals surface area contributed by atoms with Crippen LogP contribution in [0.15, 0.2) is 36.4 Å². The highest BCUT2D eigenvalue weighted by Gasteiger charge is 2.38. The van der Waals surface area contributed by atoms with Gasteiger partial charge in [-0.05, 0) is 36.8 Å². The van der Waals surface area contributed by atoms with Crippen molar-refractivity contribution in [3.8, 4) is 11.5 Å². The number of amides is 3. The molecule has 0 aliphatic carbocycles. The Hall–Kier alpha value is -3.72. The van der Waals surface area contributed by atoms with Gasteiger partial charge in [0.2, 0.25) is 0 Å². The van der Waals surface area contributed by atoms with Crippen LogP contribution in [-0.4, -0.2) is 98.8 Å². The summed E-state index contributed by atoms with van der Waals surface area (Å²) in [7, 11) is -0.684. The van der Waals surface area contributed by atoms with Crippen LogP contribution in [0.1, 0.15) is 39.2 Å². The third kappa shape index (κ3) is 8.64. The SMILES string of the molecule is CCOc1cc(C(CS(C)(=O)=O)N(C(=O)OCCOCCOCCOC)c2cccc3c2C(=O)NC3=O)ccc1OC. The van der Waals surface area contributed by atoms with Gasteiger partial charge in [-0.1, -0.05) is 12.1 Å². The highest BCUT2D eigenvalue weighted by Crippen LogP contribution is 2.38. The molecule has 2 aromatic rings. The van der Waals surface area contributed by atoms with Crippen molar-refractivity contribution in [2.24, 2.45) is 0 Å². The maximum atomic E-state index is 13.7. The van der Waals surface area contributed by atoms with E-state index in [1.165, 1.54) is 25.3 Å². The number of carbonyl (C=O) groups is 3. The minimum atomic E-state index is -3.72. The van der Waals surface area contributed by atoms with E-state index < -0.39 is 39.5 Å². The van der Waals surface area contributed by atoms with Crippen LogP contribution in [0.3, 0.4) is 0 Å². The number of benzene rings is 2. The number of fused-ring (bicyclic) bond motifs is 1. The Bertz CT molecular complexity index is 1360. The number of hydrogen-bond acceptors (Lipinski definition) is 11. The molecule has 13 nitrogen and oxygen atoms in total. The topological polar surface area (TPSA) is 156 Å². The Balaban J connectivity index is 1.98. The number of carbonyl (C=O) groups excluding carboxylic acids is 3. The van der Waals surface area contributed by atoms with Gasteiger partial charge in [0.15, 0.2) is 11.5 Å². The number of nitrogens with zero attached hydrogens (tertiary/aromatic N) is 1. The summed E-state index contributed by atoms with van der Waals surface area (Å²) >= 11 is 0. The number of imide groups is 1. The lowest BCUT2D eigenvalue weighted by atomic mass is 10.0. The Labute approximate surface area is 244 Å². The summed E-state index contributed by atoms with van der Waals surface area (Å²) in [6.07, 6.45) is 0.0861. The van der Waals surface area contributed by atoms with Gasteiger partial charge in [-0.15, -0.1) is 0 Å². The molecule has 0 spiro atoms. The second-order valence-corrected chi connectivity index (χ2v) is 11.3. The lowest BCUT2D eigenvalue weighted by Crippen LogP contribution is -2.40. The summed E-state index contributed by atoms with van der Waals surface area (Å²) in [5, 5.41) is 2.22. The van der Waals surface area contributed by atoms with Crippen molar-refractivity contribution in [3.63, 3.8) is 0 Å². The highest BCUT2D eigenvalue weighted by molar-refractivity contribution is 7.90. The summed E-state index contributed by atoms with van der Waals surface area (Å²) in [5.74, 6) is -1.15. The fraction of sp³-hybridized carbons (Fsp3) is 0.464. The molecule has 0 radical (unpaired) electrons. The second kappa shape index (κ2) is 15.5. The van der Waals surface area contributed by atoms with E-state index in [9.17, 15) is 22.8 Å². The van der Waals surface area contributed by atoms with E-state index in [0.717, 1.165) is 11.2 Å². The zero-order chi connectivity index (χ0) is 30.7. The number of ether oxygens (including phenoxy) is 6. The van der Waals surface area contributed by atoms with Crippen LogP contribution < -0.4 is 19.7 Å². The number of sulfone groups is 1. The average Bonchev–Trinajstić information content (AvgIpc) is 3.24. The molecule has 1 atom stereocenters. The number of nitrogens with one attached hydrogen (secondary N) is 1. The largest absolute Gasteiger partial charge is 0.493 e. The minimum Gasteiger partial charge on any atom is -0.493 e. The van der Waals surface area contributed by atoms with Gasteiger partial charge in [0.25, 0.3) is 11.8 Å². The molecule has 1 aliphatic rings. The second-order valence-electron chi connectivity index (χ2n) is 9.14. The van der Waals surface area contributed by atoms with E-state index in [-0.39, 0.29) is 36.6 Å². The molecule has 1 aliphatic heterocycles. The lowest BCUT2D eigenvalue weighted by molar-refractivity contribution is 0.0135. The molecule has 0 saturated carbocycles. The molecule has 0 saturated heterocycles. The summed E-state index contributed by atoms with van der Waals surface area (Å²) in [6.45, 7) is 3.38. The van der Waals surface area contributed by atoms with Gasteiger partial charge < -0.3 is 28.4 Å². The van der Waals surface area contributed by atoms with Crippen LogP contribution in [0.5, 0.6) is 11.5 Å². The molecule has 1 heterocycles. The summed E-state index contributed by atoms with van der Waals surface area (Å²) in [4.78, 5) is 40.0. The molecule has 1 N–H and O–H groups in total. The van der Waals surface area contributed by atoms with Gasteiger partial charge in [0, 0.05) is 13.4 Å². The zero-order valence-electron chi connectivity index (χ0n) is 24.0. The maximum Gasteiger partial charge on any atom is 0.414 e. The van der Waals surface area contributed by atoms with E-state index in [1.807, 2.05) is 0 Å². The van der Waals surface area contributed by atoms with E-state index in [2.05, 4.69) is 5.32 Å². The normalized spacial score (nSPS) is 13.3. The average molecular weight is 609 g/mol. The molecule has 2 aromatic carbocycles. The maximum absolute atomic E-state index is 13.7. The lowest BCUT2D eigenvalue weighted by Gasteiger charge is -2.32. The van der Waals surface area contributed by atoms with Crippen LogP contribution in [0, 0.1) is 0 Å². The number of rotatable bonds is 17. The Morgan fingerprint density at radius 1 is 0.929 bits per heavy atom. The van der Waals surface area contributed by atoms with E-state index in [4.69, 9.17) is 28.4 Å². The van der Waals surface area contributed by atoms with Gasteiger partial charge in [0.1, 0.15) is 16.4 Å². The van der Waals surface area contributed by atoms with Crippen LogP contribution in [-0.2, 0) is 28.8 Å². The van der Waals surface area contributed by atoms with Crippen molar-refractivity contribution >= 4 is 33.4 Å². The molecule has 0 bridgehead atoms. The van der Waals surface area contributed by atoms with E-state index >= 15 is 0 Å². The van der Waals surface area contributed by atoms with Crippen LogP contribution in [0.4, 0.5) is 10.5 Å². The fourth-order valence-corrected chi connectivity index (χ4v) is 5.21. The first-order chi connectivity index (χ1) is 20.1. The van der Waals surface area contributed by atoms with Gasteiger partial charge in [0.05, 0.1) is 75.4 Å². The van der Waals surface area contributed by atoms with Gasteiger partial charge in [-0.3, -0.25) is 19.8 Å². The Kier molecular flexibility index (Phi) is 12.1. The van der Waals surface area contributed by atoms with E-state index in [1.54, 1.807) is 32.2 Å². The third-order valence-electron chi connectivity index (χ3n) is 6.10. The first kappa shape index (κ1) is 32.8. The van der Waals surface area contributed by atoms with Crippen molar-refractivity contribution in [3.05, 3.63) is 53.1 Å². The predicted octanol–water partition coefficient (Wildman–Crippen LogP) is 2.39. The number of anilines is 1. The molecular weight excluding hydrogens is 572 g/mol. The fourth-order valence-electron chi connectivity index (χ4n) is 4.29. The molecule has 0 aromatic heterocycles. The van der Waals surface area contributed by atoms with Crippen molar-refractivity contribution in [2.75, 3.05) is 77.4 Å². The van der Waals surface area contributed by atoms with E-state index in [0.29, 0.717) is 43.5 Å². The zero-order valence-corrected chi connectivity index (χ0v) is 24.9. The monoisotopic (exact) mass is 608 g/mol. The number of methoxy groups -OCH3 is 2. The Morgan fingerprint density at radius 2 is 1.62 bits per heavy atom. The van der Waals surface area contributed by atoms with Gasteiger partial charge in [-0.25, -0.2) is 13.2 Å². The molecule has 230 valence electrons. The first-order valence-corrected chi connectivity index (χ1v) is 15.2. The summed E-state index contributed by atoms with van der Waals surface area (Å²) < 4.78 is 57.6. The van der Waals surface area contributed by atoms with Crippen molar-refractivity contribution in [2.45, 2.75) is 13.0 Å². The van der Waals surface area contributed by atoms with Crippen LogP contribution >= 0.6 is 0 Å². The summed E-state index contributed by atoms with van der Waals surface area (Å²) in [5.41, 5.74) is 0.361. The predicted molar refractivity (Wildman–Crippen MR) is 152 cm³/mol. The van der Waals surface area contributed by atoms with Crippen LogP contribution in [0.2, 0.25) is 0 Å². The molecule has 3 rings (SSSR count).